The van der Waals surface area contributed by atoms with Crippen molar-refractivity contribution in [3.8, 4) is 0 Å². The van der Waals surface area contributed by atoms with Gasteiger partial charge in [-0.3, -0.25) is 14.2 Å². The fourth-order valence-corrected chi connectivity index (χ4v) is 4.75. The number of amides is 1. The second-order valence-corrected chi connectivity index (χ2v) is 9.11. The van der Waals surface area contributed by atoms with E-state index in [-0.39, 0.29) is 28.8 Å². The highest BCUT2D eigenvalue weighted by Crippen LogP contribution is 2.26. The Morgan fingerprint density at radius 1 is 1.21 bits per heavy atom. The van der Waals surface area contributed by atoms with Crippen LogP contribution in [-0.4, -0.2) is 26.8 Å². The van der Waals surface area contributed by atoms with E-state index < -0.39 is 0 Å². The number of hydrogen-bond donors (Lipinski definition) is 1. The van der Waals surface area contributed by atoms with Crippen LogP contribution in [0.4, 0.5) is 0 Å². The first-order valence-electron chi connectivity index (χ1n) is 10.5. The molecule has 1 aromatic heterocycles. The van der Waals surface area contributed by atoms with Crippen LogP contribution < -0.4 is 10.9 Å². The van der Waals surface area contributed by atoms with E-state index in [4.69, 9.17) is 4.98 Å². The van der Waals surface area contributed by atoms with Gasteiger partial charge in [-0.2, -0.15) is 0 Å². The molecule has 28 heavy (non-hydrogen) atoms. The monoisotopic (exact) mass is 401 g/mol. The van der Waals surface area contributed by atoms with Crippen molar-refractivity contribution in [1.82, 2.24) is 14.9 Å². The number of hydrogen-bond acceptors (Lipinski definition) is 4. The molecule has 1 heterocycles. The molecule has 3 rings (SSSR count). The van der Waals surface area contributed by atoms with Crippen molar-refractivity contribution in [3.63, 3.8) is 0 Å². The lowest BCUT2D eigenvalue weighted by Crippen LogP contribution is -2.39. The molecule has 0 unspecified atom stereocenters. The average molecular weight is 402 g/mol. The summed E-state index contributed by atoms with van der Waals surface area (Å²) in [6, 6.07) is 7.74. The van der Waals surface area contributed by atoms with Crippen LogP contribution in [0.15, 0.2) is 34.2 Å². The zero-order valence-electron chi connectivity index (χ0n) is 17.1. The number of para-hydroxylation sites is 1. The summed E-state index contributed by atoms with van der Waals surface area (Å²) >= 11 is 1.38. The van der Waals surface area contributed by atoms with Crippen molar-refractivity contribution in [2.24, 2.45) is 0 Å². The average Bonchev–Trinajstić information content (AvgIpc) is 2.96. The molecule has 0 radical (unpaired) electrons. The van der Waals surface area contributed by atoms with E-state index in [1.807, 2.05) is 38.1 Å². The maximum Gasteiger partial charge on any atom is 0.262 e. The Labute approximate surface area is 171 Å². The highest BCUT2D eigenvalue weighted by atomic mass is 32.2. The molecule has 0 bridgehead atoms. The summed E-state index contributed by atoms with van der Waals surface area (Å²) in [7, 11) is 0. The van der Waals surface area contributed by atoms with Crippen LogP contribution in [0, 0.1) is 0 Å². The van der Waals surface area contributed by atoms with Gasteiger partial charge < -0.3 is 5.32 Å². The van der Waals surface area contributed by atoms with E-state index in [1.165, 1.54) is 37.4 Å². The van der Waals surface area contributed by atoms with Gasteiger partial charge in [0.15, 0.2) is 5.16 Å². The first-order chi connectivity index (χ1) is 13.5. The van der Waals surface area contributed by atoms with Crippen molar-refractivity contribution in [3.05, 3.63) is 34.6 Å². The van der Waals surface area contributed by atoms with Gasteiger partial charge in [0.2, 0.25) is 5.91 Å². The molecule has 1 aliphatic carbocycles. The molecule has 1 saturated carbocycles. The summed E-state index contributed by atoms with van der Waals surface area (Å²) in [6.07, 6.45) is 7.86. The van der Waals surface area contributed by atoms with Crippen molar-refractivity contribution in [2.75, 3.05) is 0 Å². The van der Waals surface area contributed by atoms with E-state index in [0.29, 0.717) is 16.1 Å². The van der Waals surface area contributed by atoms with E-state index in [0.717, 1.165) is 19.3 Å². The number of nitrogens with one attached hydrogen (secondary N) is 1. The molecule has 152 valence electrons. The van der Waals surface area contributed by atoms with Gasteiger partial charge in [-0.1, -0.05) is 56.5 Å². The van der Waals surface area contributed by atoms with Crippen molar-refractivity contribution >= 4 is 28.6 Å². The maximum absolute atomic E-state index is 13.1. The Morgan fingerprint density at radius 3 is 2.57 bits per heavy atom. The van der Waals surface area contributed by atoms with E-state index in [1.54, 1.807) is 4.57 Å². The number of carbonyl (C=O) groups is 1. The lowest BCUT2D eigenvalue weighted by atomic mass is 10.1. The van der Waals surface area contributed by atoms with Crippen molar-refractivity contribution in [1.29, 1.82) is 0 Å². The minimum Gasteiger partial charge on any atom is -0.352 e. The Balaban J connectivity index is 1.83. The Morgan fingerprint density at radius 2 is 1.89 bits per heavy atom. The number of aromatic nitrogens is 2. The van der Waals surface area contributed by atoms with Gasteiger partial charge in [-0.05, 0) is 45.2 Å². The van der Waals surface area contributed by atoms with Gasteiger partial charge in [-0.15, -0.1) is 0 Å². The van der Waals surface area contributed by atoms with Gasteiger partial charge in [0.1, 0.15) is 0 Å². The largest absolute Gasteiger partial charge is 0.352 e. The standard InChI is InChI=1S/C22H31N3O2S/c1-4-15(2)25-21(27)18-13-9-10-14-19(18)24-22(25)28-16(3)20(26)23-17-11-7-5-6-8-12-17/h9-10,13-17H,4-8,11-12H2,1-3H3,(H,23,26)/t15-,16-/m1/s1. The normalized spacial score (nSPS) is 17.8. The fourth-order valence-electron chi connectivity index (χ4n) is 3.73. The van der Waals surface area contributed by atoms with Crippen LogP contribution in [0.3, 0.4) is 0 Å². The number of benzene rings is 1. The minimum absolute atomic E-state index is 0.0289. The predicted octanol–water partition coefficient (Wildman–Crippen LogP) is 4.69. The number of fused-ring (bicyclic) bond motifs is 1. The Hall–Kier alpha value is -1.82. The molecule has 2 atom stereocenters. The van der Waals surface area contributed by atoms with Crippen molar-refractivity contribution < 1.29 is 4.79 Å². The Kier molecular flexibility index (Phi) is 7.16. The lowest BCUT2D eigenvalue weighted by Gasteiger charge is -2.22. The predicted molar refractivity (Wildman–Crippen MR) is 116 cm³/mol. The van der Waals surface area contributed by atoms with Gasteiger partial charge >= 0.3 is 0 Å². The summed E-state index contributed by atoms with van der Waals surface area (Å²) in [5, 5.41) is 4.17. The van der Waals surface area contributed by atoms with E-state index in [9.17, 15) is 9.59 Å². The van der Waals surface area contributed by atoms with Crippen LogP contribution in [0.1, 0.15) is 71.8 Å². The molecular weight excluding hydrogens is 370 g/mol. The third-order valence-corrected chi connectivity index (χ3v) is 6.73. The Bertz CT molecular complexity index is 872. The smallest absolute Gasteiger partial charge is 0.262 e. The molecule has 1 aromatic carbocycles. The zero-order valence-corrected chi connectivity index (χ0v) is 17.9. The summed E-state index contributed by atoms with van der Waals surface area (Å²) in [6.45, 7) is 5.99. The minimum atomic E-state index is -0.299. The summed E-state index contributed by atoms with van der Waals surface area (Å²) in [4.78, 5) is 30.6. The van der Waals surface area contributed by atoms with Crippen molar-refractivity contribution in [2.45, 2.75) is 88.2 Å². The third-order valence-electron chi connectivity index (χ3n) is 5.66. The lowest BCUT2D eigenvalue weighted by molar-refractivity contribution is -0.121. The molecule has 5 nitrogen and oxygen atoms in total. The molecular formula is C22H31N3O2S. The van der Waals surface area contributed by atoms with Gasteiger partial charge in [0.05, 0.1) is 16.2 Å². The topological polar surface area (TPSA) is 64.0 Å². The second-order valence-electron chi connectivity index (χ2n) is 7.80. The van der Waals surface area contributed by atoms with E-state index in [2.05, 4.69) is 12.2 Å². The first kappa shape index (κ1) is 20.9. The molecule has 1 fully saturated rings. The van der Waals surface area contributed by atoms with Gasteiger partial charge in [-0.25, -0.2) is 4.98 Å². The molecule has 6 heteroatoms. The molecule has 1 aliphatic rings. The van der Waals surface area contributed by atoms with Crippen LogP contribution in [0.25, 0.3) is 10.9 Å². The maximum atomic E-state index is 13.1. The molecule has 0 aliphatic heterocycles. The fraction of sp³-hybridized carbons (Fsp3) is 0.591. The van der Waals surface area contributed by atoms with Gasteiger partial charge in [0, 0.05) is 12.1 Å². The molecule has 0 spiro atoms. The van der Waals surface area contributed by atoms with E-state index >= 15 is 0 Å². The number of carbonyl (C=O) groups excluding carboxylic acids is 1. The summed E-state index contributed by atoms with van der Waals surface area (Å²) in [5.74, 6) is 0.0370. The number of thioether (sulfide) groups is 1. The summed E-state index contributed by atoms with van der Waals surface area (Å²) in [5.41, 5.74) is 0.657. The van der Waals surface area contributed by atoms with Gasteiger partial charge in [0.25, 0.3) is 5.56 Å². The van der Waals surface area contributed by atoms with Crippen LogP contribution in [0.5, 0.6) is 0 Å². The molecule has 0 saturated heterocycles. The number of nitrogens with zero attached hydrogens (tertiary/aromatic N) is 2. The molecule has 1 N–H and O–H groups in total. The molecule has 1 amide bonds. The first-order valence-corrected chi connectivity index (χ1v) is 11.4. The zero-order chi connectivity index (χ0) is 20.1. The summed E-state index contributed by atoms with van der Waals surface area (Å²) < 4.78 is 1.75. The third kappa shape index (κ3) is 4.77. The van der Waals surface area contributed by atoms with Crippen LogP contribution >= 0.6 is 11.8 Å². The number of rotatable bonds is 6. The SMILES string of the molecule is CC[C@@H](C)n1c(S[C@H](C)C(=O)NC2CCCCCC2)nc2ccccc2c1=O. The second kappa shape index (κ2) is 9.59. The highest BCUT2D eigenvalue weighted by Gasteiger charge is 2.23. The molecule has 2 aromatic rings. The quantitative estimate of drug-likeness (QED) is 0.433. The highest BCUT2D eigenvalue weighted by molar-refractivity contribution is 8.00. The van der Waals surface area contributed by atoms with Crippen LogP contribution in [-0.2, 0) is 4.79 Å². The van der Waals surface area contributed by atoms with Crippen LogP contribution in [0.2, 0.25) is 0 Å².